The van der Waals surface area contributed by atoms with E-state index in [2.05, 4.69) is 25.0 Å². The molecule has 3 aromatic rings. The van der Waals surface area contributed by atoms with Crippen molar-refractivity contribution in [1.82, 2.24) is 15.0 Å². The zero-order valence-electron chi connectivity index (χ0n) is 21.1. The average molecular weight is 563 g/mol. The monoisotopic (exact) mass is 562 g/mol. The summed E-state index contributed by atoms with van der Waals surface area (Å²) in [6.07, 6.45) is 5.01. The number of benzene rings is 1. The van der Waals surface area contributed by atoms with Crippen LogP contribution in [-0.4, -0.2) is 47.4 Å². The van der Waals surface area contributed by atoms with Crippen molar-refractivity contribution in [2.24, 2.45) is 5.73 Å². The van der Waals surface area contributed by atoms with Gasteiger partial charge in [-0.2, -0.15) is 0 Å². The third-order valence-electron chi connectivity index (χ3n) is 5.94. The van der Waals surface area contributed by atoms with Gasteiger partial charge in [0.1, 0.15) is 6.10 Å². The van der Waals surface area contributed by atoms with E-state index in [9.17, 15) is 22.0 Å². The SMILES string of the molecule is CCCS(=O)(=O)Nc1cc(F)c(Oc2ncccc2-c2ccnc(NC3CCC(OC(N)=O)CC3)n2)c(F)c1. The number of rotatable bonds is 10. The molecule has 0 radical (unpaired) electrons. The molecule has 4 rings (SSSR count). The van der Waals surface area contributed by atoms with Gasteiger partial charge in [0.15, 0.2) is 11.6 Å². The van der Waals surface area contributed by atoms with E-state index >= 15 is 0 Å². The van der Waals surface area contributed by atoms with E-state index in [0.717, 1.165) is 25.0 Å². The number of amides is 1. The van der Waals surface area contributed by atoms with Crippen molar-refractivity contribution in [3.63, 3.8) is 0 Å². The lowest BCUT2D eigenvalue weighted by Crippen LogP contribution is -2.32. The molecule has 0 aliphatic heterocycles. The Morgan fingerprint density at radius 3 is 2.49 bits per heavy atom. The van der Waals surface area contributed by atoms with Crippen molar-refractivity contribution in [2.75, 3.05) is 15.8 Å². The van der Waals surface area contributed by atoms with Gasteiger partial charge in [0.05, 0.1) is 22.7 Å². The number of hydrogen-bond donors (Lipinski definition) is 3. The van der Waals surface area contributed by atoms with Gasteiger partial charge >= 0.3 is 6.09 Å². The van der Waals surface area contributed by atoms with Crippen molar-refractivity contribution in [2.45, 2.75) is 51.2 Å². The zero-order valence-corrected chi connectivity index (χ0v) is 21.9. The van der Waals surface area contributed by atoms with E-state index in [1.165, 1.54) is 12.4 Å². The van der Waals surface area contributed by atoms with Gasteiger partial charge in [-0.3, -0.25) is 4.72 Å². The number of primary amides is 1. The summed E-state index contributed by atoms with van der Waals surface area (Å²) in [7, 11) is -3.74. The third-order valence-corrected chi connectivity index (χ3v) is 7.43. The lowest BCUT2D eigenvalue weighted by Gasteiger charge is -2.28. The van der Waals surface area contributed by atoms with Gasteiger partial charge in [0, 0.05) is 30.6 Å². The van der Waals surface area contributed by atoms with Crippen molar-refractivity contribution in [3.8, 4) is 22.9 Å². The Hall–Kier alpha value is -4.07. The minimum Gasteiger partial charge on any atom is -0.446 e. The standard InChI is InChI=1S/C25H28F2N6O5S/c1-2-12-39(35,36)33-16-13-19(26)22(20(27)14-16)38-23-18(4-3-10-29-23)21-9-11-30-25(32-21)31-15-5-7-17(8-6-15)37-24(28)34/h3-4,9-11,13-15,17,33H,2,5-8,12H2,1H3,(H2,28,34)(H,30,31,32). The molecule has 1 aliphatic carbocycles. The lowest BCUT2D eigenvalue weighted by atomic mass is 9.93. The number of nitrogens with two attached hydrogens (primary N) is 1. The van der Waals surface area contributed by atoms with Crippen LogP contribution in [0.25, 0.3) is 11.3 Å². The molecular weight excluding hydrogens is 534 g/mol. The van der Waals surface area contributed by atoms with Gasteiger partial charge in [-0.25, -0.2) is 36.9 Å². The van der Waals surface area contributed by atoms with Gasteiger partial charge in [-0.05, 0) is 50.3 Å². The van der Waals surface area contributed by atoms with Crippen LogP contribution in [0.4, 0.5) is 25.2 Å². The maximum Gasteiger partial charge on any atom is 0.404 e. The first-order chi connectivity index (χ1) is 18.6. The molecule has 1 fully saturated rings. The first-order valence-corrected chi connectivity index (χ1v) is 14.0. The summed E-state index contributed by atoms with van der Waals surface area (Å²) in [5.74, 6) is -2.92. The number of anilines is 2. The molecule has 1 aliphatic rings. The number of halogens is 2. The Morgan fingerprint density at radius 1 is 1.10 bits per heavy atom. The molecule has 14 heteroatoms. The van der Waals surface area contributed by atoms with Crippen molar-refractivity contribution < 1.29 is 31.5 Å². The van der Waals surface area contributed by atoms with Gasteiger partial charge in [-0.15, -0.1) is 0 Å². The first kappa shape index (κ1) is 28.0. The summed E-state index contributed by atoms with van der Waals surface area (Å²) in [5, 5.41) is 3.25. The number of nitrogens with one attached hydrogen (secondary N) is 2. The fourth-order valence-corrected chi connectivity index (χ4v) is 5.35. The number of sulfonamides is 1. The number of pyridine rings is 1. The molecule has 2 heterocycles. The number of carbonyl (C=O) groups excluding carboxylic acids is 1. The van der Waals surface area contributed by atoms with Crippen LogP contribution < -0.4 is 20.5 Å². The van der Waals surface area contributed by atoms with E-state index in [-0.39, 0.29) is 29.5 Å². The summed E-state index contributed by atoms with van der Waals surface area (Å²) in [5.41, 5.74) is 5.58. The number of carbonyl (C=O) groups is 1. The van der Waals surface area contributed by atoms with Gasteiger partial charge in [0.2, 0.25) is 27.6 Å². The summed E-state index contributed by atoms with van der Waals surface area (Å²) in [4.78, 5) is 23.8. The number of nitrogens with zero attached hydrogens (tertiary/aromatic N) is 3. The quantitative estimate of drug-likeness (QED) is 0.321. The summed E-state index contributed by atoms with van der Waals surface area (Å²) in [6.45, 7) is 1.67. The molecule has 1 amide bonds. The minimum atomic E-state index is -3.74. The number of ether oxygens (including phenoxy) is 2. The van der Waals surface area contributed by atoms with Crippen LogP contribution in [0.1, 0.15) is 39.0 Å². The molecule has 11 nitrogen and oxygen atoms in total. The summed E-state index contributed by atoms with van der Waals surface area (Å²) in [6, 6.07) is 6.58. The number of aromatic nitrogens is 3. The molecule has 0 atom stereocenters. The molecule has 0 bridgehead atoms. The molecule has 1 saturated carbocycles. The lowest BCUT2D eigenvalue weighted by molar-refractivity contribution is 0.0805. The molecule has 39 heavy (non-hydrogen) atoms. The second kappa shape index (κ2) is 12.2. The first-order valence-electron chi connectivity index (χ1n) is 12.3. The Bertz CT molecular complexity index is 1410. The summed E-state index contributed by atoms with van der Waals surface area (Å²) >= 11 is 0. The topological polar surface area (TPSA) is 158 Å². The normalized spacial score (nSPS) is 17.3. The van der Waals surface area contributed by atoms with Gasteiger partial charge in [0.25, 0.3) is 0 Å². The second-order valence-corrected chi connectivity index (χ2v) is 10.8. The van der Waals surface area contributed by atoms with Crippen LogP contribution >= 0.6 is 0 Å². The molecule has 208 valence electrons. The Kier molecular flexibility index (Phi) is 8.74. The largest absolute Gasteiger partial charge is 0.446 e. The highest BCUT2D eigenvalue weighted by Gasteiger charge is 2.24. The van der Waals surface area contributed by atoms with Crippen molar-refractivity contribution in [3.05, 3.63) is 54.4 Å². The Morgan fingerprint density at radius 2 is 1.82 bits per heavy atom. The Labute approximate surface area is 224 Å². The Balaban J connectivity index is 1.51. The third kappa shape index (κ3) is 7.50. The zero-order chi connectivity index (χ0) is 28.0. The van der Waals surface area contributed by atoms with E-state index in [1.807, 2.05) is 0 Å². The average Bonchev–Trinajstić information content (AvgIpc) is 2.87. The van der Waals surface area contributed by atoms with Crippen LogP contribution in [0.5, 0.6) is 11.6 Å². The maximum absolute atomic E-state index is 14.8. The van der Waals surface area contributed by atoms with Gasteiger partial charge < -0.3 is 20.5 Å². The minimum absolute atomic E-state index is 0.0500. The highest BCUT2D eigenvalue weighted by molar-refractivity contribution is 7.92. The molecule has 2 aromatic heterocycles. The van der Waals surface area contributed by atoms with E-state index in [1.54, 1.807) is 25.1 Å². The maximum atomic E-state index is 14.8. The predicted molar refractivity (Wildman–Crippen MR) is 140 cm³/mol. The van der Waals surface area contributed by atoms with Crippen LogP contribution in [-0.2, 0) is 14.8 Å². The van der Waals surface area contributed by atoms with E-state index in [4.69, 9.17) is 15.2 Å². The van der Waals surface area contributed by atoms with Crippen LogP contribution in [0.15, 0.2) is 42.7 Å². The van der Waals surface area contributed by atoms with Gasteiger partial charge in [-0.1, -0.05) is 6.92 Å². The van der Waals surface area contributed by atoms with Crippen LogP contribution in [0, 0.1) is 11.6 Å². The van der Waals surface area contributed by atoms with E-state index < -0.39 is 33.5 Å². The van der Waals surface area contributed by atoms with Crippen LogP contribution in [0.3, 0.4) is 0 Å². The molecule has 0 unspecified atom stereocenters. The highest BCUT2D eigenvalue weighted by Crippen LogP contribution is 2.35. The molecule has 4 N–H and O–H groups in total. The fraction of sp³-hybridized carbons (Fsp3) is 0.360. The summed E-state index contributed by atoms with van der Waals surface area (Å²) < 4.78 is 66.3. The predicted octanol–water partition coefficient (Wildman–Crippen LogP) is 4.58. The van der Waals surface area contributed by atoms with Crippen molar-refractivity contribution in [1.29, 1.82) is 0 Å². The van der Waals surface area contributed by atoms with E-state index in [0.29, 0.717) is 36.5 Å². The molecular formula is C25H28F2N6O5S. The second-order valence-electron chi connectivity index (χ2n) is 8.97. The fourth-order valence-electron chi connectivity index (χ4n) is 4.23. The van der Waals surface area contributed by atoms with Crippen molar-refractivity contribution >= 4 is 27.8 Å². The number of hydrogen-bond acceptors (Lipinski definition) is 9. The molecule has 1 aromatic carbocycles. The molecule has 0 saturated heterocycles. The smallest absolute Gasteiger partial charge is 0.404 e. The highest BCUT2D eigenvalue weighted by atomic mass is 32.2. The van der Waals surface area contributed by atoms with Crippen LogP contribution in [0.2, 0.25) is 0 Å². The molecule has 0 spiro atoms.